The number of carboxylic acids is 1. The molecule has 2 rings (SSSR count). The minimum Gasteiger partial charge on any atom is -0.482 e. The van der Waals surface area contributed by atoms with Gasteiger partial charge in [-0.25, -0.2) is 9.59 Å². The summed E-state index contributed by atoms with van der Waals surface area (Å²) in [6.45, 7) is 8.01. The van der Waals surface area contributed by atoms with Crippen LogP contribution in [0.4, 0.5) is 4.79 Å². The van der Waals surface area contributed by atoms with Crippen molar-refractivity contribution in [3.05, 3.63) is 29.8 Å². The minimum atomic E-state index is -1.08. The zero-order valence-corrected chi connectivity index (χ0v) is 16.1. The average Bonchev–Trinajstić information content (AvgIpc) is 2.57. The molecular weight excluding hydrogens is 352 g/mol. The number of hydrogen-bond acceptors (Lipinski definition) is 5. The first-order valence-electron chi connectivity index (χ1n) is 8.80. The maximum absolute atomic E-state index is 12.8. The molecule has 1 saturated heterocycles. The molecule has 2 amide bonds. The first-order valence-corrected chi connectivity index (χ1v) is 8.80. The Morgan fingerprint density at radius 2 is 1.93 bits per heavy atom. The number of hydrogen-bond donors (Lipinski definition) is 1. The summed E-state index contributed by atoms with van der Waals surface area (Å²) in [5, 5.41) is 8.68. The summed E-state index contributed by atoms with van der Waals surface area (Å²) in [6, 6.07) is 6.24. The molecule has 1 heterocycles. The molecule has 1 fully saturated rings. The number of aliphatic carboxylic acids is 1. The Hall–Kier alpha value is -2.77. The quantitative estimate of drug-likeness (QED) is 0.863. The molecule has 0 bridgehead atoms. The summed E-state index contributed by atoms with van der Waals surface area (Å²) in [5.41, 5.74) is -0.157. The fourth-order valence-electron chi connectivity index (χ4n) is 2.78. The largest absolute Gasteiger partial charge is 0.482 e. The third-order valence-corrected chi connectivity index (χ3v) is 3.99. The van der Waals surface area contributed by atoms with Gasteiger partial charge in [0, 0.05) is 31.2 Å². The van der Waals surface area contributed by atoms with E-state index in [-0.39, 0.29) is 18.0 Å². The van der Waals surface area contributed by atoms with Crippen LogP contribution in [0.15, 0.2) is 24.3 Å². The Kier molecular flexibility index (Phi) is 6.30. The van der Waals surface area contributed by atoms with Gasteiger partial charge in [-0.2, -0.15) is 0 Å². The summed E-state index contributed by atoms with van der Waals surface area (Å²) >= 11 is 0. The van der Waals surface area contributed by atoms with Crippen LogP contribution >= 0.6 is 0 Å². The van der Waals surface area contributed by atoms with Crippen LogP contribution < -0.4 is 4.74 Å². The van der Waals surface area contributed by atoms with E-state index < -0.39 is 18.2 Å². The molecule has 1 aliphatic heterocycles. The van der Waals surface area contributed by atoms with Crippen molar-refractivity contribution in [1.82, 2.24) is 9.80 Å². The molecule has 148 valence electrons. The van der Waals surface area contributed by atoms with Crippen molar-refractivity contribution in [3.63, 3.8) is 0 Å². The van der Waals surface area contributed by atoms with E-state index in [1.165, 1.54) is 6.07 Å². The van der Waals surface area contributed by atoms with Crippen LogP contribution in [-0.4, -0.2) is 70.8 Å². The second kappa shape index (κ2) is 8.28. The van der Waals surface area contributed by atoms with Crippen LogP contribution in [0.5, 0.6) is 5.75 Å². The summed E-state index contributed by atoms with van der Waals surface area (Å²) < 4.78 is 10.5. The van der Waals surface area contributed by atoms with Gasteiger partial charge in [0.1, 0.15) is 11.4 Å². The van der Waals surface area contributed by atoms with E-state index >= 15 is 0 Å². The monoisotopic (exact) mass is 378 g/mol. The zero-order chi connectivity index (χ0) is 20.2. The fourth-order valence-corrected chi connectivity index (χ4v) is 2.78. The normalized spacial score (nSPS) is 17.4. The molecule has 1 aromatic rings. The van der Waals surface area contributed by atoms with Crippen LogP contribution in [-0.2, 0) is 9.53 Å². The molecule has 27 heavy (non-hydrogen) atoms. The van der Waals surface area contributed by atoms with E-state index in [1.807, 2.05) is 27.7 Å². The second-order valence-electron chi connectivity index (χ2n) is 7.48. The maximum atomic E-state index is 12.8. The molecule has 1 aliphatic rings. The van der Waals surface area contributed by atoms with Crippen LogP contribution in [0.2, 0.25) is 0 Å². The third-order valence-electron chi connectivity index (χ3n) is 3.99. The van der Waals surface area contributed by atoms with Crippen molar-refractivity contribution in [1.29, 1.82) is 0 Å². The van der Waals surface area contributed by atoms with Gasteiger partial charge in [-0.3, -0.25) is 4.79 Å². The summed E-state index contributed by atoms with van der Waals surface area (Å²) in [5.74, 6) is -0.950. The molecule has 1 atom stereocenters. The molecule has 0 saturated carbocycles. The lowest BCUT2D eigenvalue weighted by Gasteiger charge is -2.40. The van der Waals surface area contributed by atoms with Crippen LogP contribution in [0, 0.1) is 0 Å². The Labute approximate surface area is 158 Å². The molecule has 8 heteroatoms. The van der Waals surface area contributed by atoms with Gasteiger partial charge in [0.05, 0.1) is 0 Å². The van der Waals surface area contributed by atoms with Crippen LogP contribution in [0.3, 0.4) is 0 Å². The highest BCUT2D eigenvalue weighted by molar-refractivity contribution is 5.94. The summed E-state index contributed by atoms with van der Waals surface area (Å²) in [7, 11) is 0. The molecule has 0 aromatic heterocycles. The number of piperazine rings is 1. The lowest BCUT2D eigenvalue weighted by Crippen LogP contribution is -2.56. The van der Waals surface area contributed by atoms with Crippen molar-refractivity contribution in [2.75, 3.05) is 26.2 Å². The van der Waals surface area contributed by atoms with Crippen LogP contribution in [0.25, 0.3) is 0 Å². The molecule has 1 aromatic carbocycles. The van der Waals surface area contributed by atoms with E-state index in [0.717, 1.165) is 0 Å². The first-order chi connectivity index (χ1) is 12.6. The highest BCUT2D eigenvalue weighted by Crippen LogP contribution is 2.19. The Morgan fingerprint density at radius 3 is 2.52 bits per heavy atom. The van der Waals surface area contributed by atoms with E-state index in [4.69, 9.17) is 14.6 Å². The van der Waals surface area contributed by atoms with E-state index in [0.29, 0.717) is 30.9 Å². The van der Waals surface area contributed by atoms with Gasteiger partial charge in [-0.15, -0.1) is 0 Å². The van der Waals surface area contributed by atoms with Gasteiger partial charge in [0.2, 0.25) is 0 Å². The van der Waals surface area contributed by atoms with Gasteiger partial charge >= 0.3 is 12.1 Å². The first kappa shape index (κ1) is 20.5. The van der Waals surface area contributed by atoms with Crippen molar-refractivity contribution >= 4 is 18.0 Å². The Bertz CT molecular complexity index is 712. The third kappa shape index (κ3) is 5.87. The predicted molar refractivity (Wildman–Crippen MR) is 97.9 cm³/mol. The topological polar surface area (TPSA) is 96.4 Å². The number of carboxylic acid groups (broad SMARTS) is 1. The lowest BCUT2D eigenvalue weighted by molar-refractivity contribution is -0.139. The molecule has 0 unspecified atom stereocenters. The van der Waals surface area contributed by atoms with E-state index in [9.17, 15) is 14.4 Å². The van der Waals surface area contributed by atoms with Crippen molar-refractivity contribution in [2.24, 2.45) is 0 Å². The highest BCUT2D eigenvalue weighted by Gasteiger charge is 2.32. The Balaban J connectivity index is 2.00. The van der Waals surface area contributed by atoms with Gasteiger partial charge in [0.15, 0.2) is 6.61 Å². The number of carbonyl (C=O) groups excluding carboxylic acids is 2. The highest BCUT2D eigenvalue weighted by atomic mass is 16.6. The number of benzene rings is 1. The van der Waals surface area contributed by atoms with E-state index in [2.05, 4.69) is 0 Å². The summed E-state index contributed by atoms with van der Waals surface area (Å²) in [4.78, 5) is 38.9. The van der Waals surface area contributed by atoms with Gasteiger partial charge in [-0.05, 0) is 45.9 Å². The zero-order valence-electron chi connectivity index (χ0n) is 16.1. The predicted octanol–water partition coefficient (Wildman–Crippen LogP) is 2.23. The molecule has 0 aliphatic carbocycles. The summed E-state index contributed by atoms with van der Waals surface area (Å²) in [6.07, 6.45) is -0.383. The molecule has 1 N–H and O–H groups in total. The number of carbonyl (C=O) groups is 3. The standard InChI is InChI=1S/C19H26N2O6/c1-13-11-20(8-9-21(13)18(25)27-19(2,3)4)17(24)14-6-5-7-15(10-14)26-12-16(22)23/h5-7,10,13H,8-9,11-12H2,1-4H3,(H,22,23)/t13-/m0/s1. The molecular formula is C19H26N2O6. The molecule has 0 radical (unpaired) electrons. The second-order valence-corrected chi connectivity index (χ2v) is 7.48. The maximum Gasteiger partial charge on any atom is 0.410 e. The molecule has 8 nitrogen and oxygen atoms in total. The number of amides is 2. The Morgan fingerprint density at radius 1 is 1.22 bits per heavy atom. The van der Waals surface area contributed by atoms with Crippen molar-refractivity contribution in [2.45, 2.75) is 39.3 Å². The van der Waals surface area contributed by atoms with Gasteiger partial charge in [-0.1, -0.05) is 6.07 Å². The van der Waals surface area contributed by atoms with Gasteiger partial charge < -0.3 is 24.4 Å². The lowest BCUT2D eigenvalue weighted by atomic mass is 10.1. The number of rotatable bonds is 4. The smallest absolute Gasteiger partial charge is 0.410 e. The average molecular weight is 378 g/mol. The number of nitrogens with zero attached hydrogens (tertiary/aromatic N) is 2. The van der Waals surface area contributed by atoms with Crippen molar-refractivity contribution < 1.29 is 29.0 Å². The van der Waals surface area contributed by atoms with E-state index in [1.54, 1.807) is 28.0 Å². The SMILES string of the molecule is C[C@H]1CN(C(=O)c2cccc(OCC(=O)O)c2)CCN1C(=O)OC(C)(C)C. The molecule has 0 spiro atoms. The van der Waals surface area contributed by atoms with Crippen LogP contribution in [0.1, 0.15) is 38.1 Å². The fraction of sp³-hybridized carbons (Fsp3) is 0.526. The number of ether oxygens (including phenoxy) is 2. The van der Waals surface area contributed by atoms with Gasteiger partial charge in [0.25, 0.3) is 5.91 Å². The van der Waals surface area contributed by atoms with Crippen molar-refractivity contribution in [3.8, 4) is 5.75 Å². The minimum absolute atomic E-state index is 0.177.